The molecular weight excluding hydrogens is 690 g/mol. The zero-order valence-corrected chi connectivity index (χ0v) is 31.5. The molecule has 0 bridgehead atoms. The molecule has 0 unspecified atom stereocenters. The fourth-order valence-corrected chi connectivity index (χ4v) is 5.02. The Balaban J connectivity index is 0.000000224. The minimum absolute atomic E-state index is 0. The van der Waals surface area contributed by atoms with Crippen molar-refractivity contribution in [3.8, 4) is 0 Å². The van der Waals surface area contributed by atoms with Crippen LogP contribution in [-0.4, -0.2) is 48.8 Å². The van der Waals surface area contributed by atoms with Crippen molar-refractivity contribution >= 4 is 37.3 Å². The summed E-state index contributed by atoms with van der Waals surface area (Å²) in [7, 11) is -0.777. The van der Waals surface area contributed by atoms with Gasteiger partial charge in [0.2, 0.25) is 0 Å². The van der Waals surface area contributed by atoms with Gasteiger partial charge in [-0.25, -0.2) is 9.59 Å². The monoisotopic (exact) mass is 736 g/mol. The summed E-state index contributed by atoms with van der Waals surface area (Å²) in [6.07, 6.45) is 13.7. The topological polar surface area (TPSA) is 114 Å². The van der Waals surface area contributed by atoms with Gasteiger partial charge in [-0.05, 0) is 129 Å². The first kappa shape index (κ1) is 41.2. The van der Waals surface area contributed by atoms with E-state index in [2.05, 4.69) is 10.6 Å². The quantitative estimate of drug-likeness (QED) is 0.359. The number of benzene rings is 2. The third-order valence-electron chi connectivity index (χ3n) is 9.57. The first-order valence-corrected chi connectivity index (χ1v) is 16.7. The van der Waals surface area contributed by atoms with Gasteiger partial charge in [0, 0.05) is 0 Å². The molecule has 0 aromatic heterocycles. The van der Waals surface area contributed by atoms with Crippen molar-refractivity contribution in [3.63, 3.8) is 0 Å². The number of amides is 2. The van der Waals surface area contributed by atoms with Crippen LogP contribution in [0.15, 0.2) is 48.5 Å². The van der Waals surface area contributed by atoms with Gasteiger partial charge in [0.05, 0.1) is 34.5 Å². The summed E-state index contributed by atoms with van der Waals surface area (Å²) in [5.74, 6) is 0. The van der Waals surface area contributed by atoms with Crippen LogP contribution in [0.4, 0.5) is 9.59 Å². The van der Waals surface area contributed by atoms with Gasteiger partial charge in [0.15, 0.2) is 0 Å². The number of alkyl carbamates (subject to hydrolysis) is 2. The second-order valence-corrected chi connectivity index (χ2v) is 14.4. The molecular formula is C38H46B2FeN2O8+2. The minimum atomic E-state index is -0.471. The normalized spacial score (nSPS) is 21.7. The largest absolute Gasteiger partial charge is 2.00 e. The predicted octanol–water partition coefficient (Wildman–Crippen LogP) is 5.15. The third-order valence-corrected chi connectivity index (χ3v) is 9.57. The number of hydrogen-bond donors (Lipinski definition) is 2. The van der Waals surface area contributed by atoms with Gasteiger partial charge in [-0.15, -0.1) is 0 Å². The first-order chi connectivity index (χ1) is 23.5. The summed E-state index contributed by atoms with van der Waals surface area (Å²) in [6.45, 7) is 16.6. The maximum absolute atomic E-state index is 11.7. The summed E-state index contributed by atoms with van der Waals surface area (Å²) >= 11 is 0. The van der Waals surface area contributed by atoms with Gasteiger partial charge in [-0.2, -0.15) is 0 Å². The molecule has 10 nitrogen and oxygen atoms in total. The van der Waals surface area contributed by atoms with E-state index in [1.165, 1.54) is 0 Å². The van der Waals surface area contributed by atoms with Crippen LogP contribution >= 0.6 is 0 Å². The summed E-state index contributed by atoms with van der Waals surface area (Å²) in [5.41, 5.74) is 2.25. The number of carbonyl (C=O) groups is 2. The molecule has 2 heterocycles. The van der Waals surface area contributed by atoms with E-state index < -0.39 is 12.2 Å². The molecule has 2 aromatic rings. The van der Waals surface area contributed by atoms with Gasteiger partial charge >= 0.3 is 43.5 Å². The van der Waals surface area contributed by atoms with Crippen LogP contribution in [0.25, 0.3) is 0 Å². The molecule has 2 N–H and O–H groups in total. The Hall–Kier alpha value is -2.53. The molecule has 2 amide bonds. The molecule has 51 heavy (non-hydrogen) atoms. The number of hydrogen-bond acceptors (Lipinski definition) is 8. The average molecular weight is 736 g/mol. The predicted molar refractivity (Wildman–Crippen MR) is 192 cm³/mol. The third kappa shape index (κ3) is 10.8. The Morgan fingerprint density at radius 3 is 1.08 bits per heavy atom. The van der Waals surface area contributed by atoms with E-state index in [0.717, 1.165) is 34.1 Å². The van der Waals surface area contributed by atoms with E-state index in [4.69, 9.17) is 28.1 Å². The van der Waals surface area contributed by atoms with E-state index in [-0.39, 0.29) is 66.9 Å². The molecule has 2 aromatic carbocycles. The fraction of sp³-hybridized carbons (Fsp3) is 0.368. The van der Waals surface area contributed by atoms with E-state index >= 15 is 0 Å². The number of nitrogens with one attached hydrogen (secondary N) is 2. The van der Waals surface area contributed by atoms with E-state index in [0.29, 0.717) is 0 Å². The Morgan fingerprint density at radius 1 is 0.529 bits per heavy atom. The maximum Gasteiger partial charge on any atom is 2.00 e. The summed E-state index contributed by atoms with van der Waals surface area (Å²) in [4.78, 5) is 23.5. The van der Waals surface area contributed by atoms with Gasteiger partial charge in [-0.1, -0.05) is 48.5 Å². The van der Waals surface area contributed by atoms with Crippen LogP contribution in [-0.2, 0) is 58.4 Å². The summed E-state index contributed by atoms with van der Waals surface area (Å²) < 4.78 is 34.6. The molecule has 2 saturated carbocycles. The average Bonchev–Trinajstić information content (AvgIpc) is 3.84. The summed E-state index contributed by atoms with van der Waals surface area (Å²) in [5, 5.41) is 5.33. The molecule has 10 radical (unpaired) electrons. The van der Waals surface area contributed by atoms with Gasteiger partial charge in [0.25, 0.3) is 0 Å². The van der Waals surface area contributed by atoms with Crippen LogP contribution in [0.1, 0.15) is 66.5 Å². The Labute approximate surface area is 315 Å². The molecule has 4 aliphatic rings. The van der Waals surface area contributed by atoms with Crippen LogP contribution in [0.3, 0.4) is 0 Å². The van der Waals surface area contributed by atoms with E-state index in [9.17, 15) is 9.59 Å². The molecule has 0 spiro atoms. The van der Waals surface area contributed by atoms with Crippen LogP contribution in [0.5, 0.6) is 0 Å². The standard InChI is InChI=1S/2C19H23BNO4.Fe/c2*1-18(2)19(3,4)25-20(24-18)15-11-9-14(10-12-15)13-23-17(22)21-16-7-5-6-8-16;/h2*5-12H,13H2,1-4H3,(H,21,22);/q;;+2. The SMILES string of the molecule is CC1(C)OB(c2ccc(COC(=O)N[C]3[CH][CH][CH][CH]3)cc2)OC1(C)C.CC1(C)OB(c2ccc(COC(=O)N[C]3[CH][CH][CH][CH]3)cc2)OC1(C)C.[Fe+2]. The number of ether oxygens (including phenoxy) is 2. The molecule has 6 rings (SSSR count). The van der Waals surface area contributed by atoms with Crippen LogP contribution < -0.4 is 21.6 Å². The second-order valence-electron chi connectivity index (χ2n) is 14.4. The van der Waals surface area contributed by atoms with Crippen LogP contribution in [0, 0.1) is 63.5 Å². The van der Waals surface area contributed by atoms with Crippen LogP contribution in [0.2, 0.25) is 0 Å². The number of rotatable bonds is 8. The zero-order valence-electron chi connectivity index (χ0n) is 30.4. The zero-order chi connectivity index (χ0) is 36.2. The molecule has 4 fully saturated rings. The Bertz CT molecular complexity index is 1300. The fourth-order valence-electron chi connectivity index (χ4n) is 5.02. The molecule has 2 aliphatic heterocycles. The van der Waals surface area contributed by atoms with E-state index in [1.807, 2.05) is 130 Å². The molecule has 13 heteroatoms. The van der Waals surface area contributed by atoms with Gasteiger partial charge in [-0.3, -0.25) is 0 Å². The van der Waals surface area contributed by atoms with Crippen molar-refractivity contribution < 1.29 is 54.7 Å². The molecule has 2 saturated heterocycles. The van der Waals surface area contributed by atoms with Crippen molar-refractivity contribution in [1.82, 2.24) is 10.6 Å². The van der Waals surface area contributed by atoms with Gasteiger partial charge in [0.1, 0.15) is 13.2 Å². The molecule has 2 aliphatic carbocycles. The summed E-state index contributed by atoms with van der Waals surface area (Å²) in [6, 6.07) is 16.9. The number of carbonyl (C=O) groups excluding carboxylic acids is 2. The van der Waals surface area contributed by atoms with E-state index in [1.54, 1.807) is 25.7 Å². The Kier molecular flexibility index (Phi) is 13.8. The van der Waals surface area contributed by atoms with Crippen molar-refractivity contribution in [3.05, 3.63) is 123 Å². The van der Waals surface area contributed by atoms with Crippen molar-refractivity contribution in [2.45, 2.75) is 91.0 Å². The van der Waals surface area contributed by atoms with Crippen molar-refractivity contribution in [1.29, 1.82) is 0 Å². The Morgan fingerprint density at radius 2 is 0.804 bits per heavy atom. The minimum Gasteiger partial charge on any atom is -0.445 e. The molecule has 268 valence electrons. The first-order valence-electron chi connectivity index (χ1n) is 16.7. The molecule has 0 atom stereocenters. The van der Waals surface area contributed by atoms with Crippen molar-refractivity contribution in [2.24, 2.45) is 0 Å². The van der Waals surface area contributed by atoms with Crippen molar-refractivity contribution in [2.75, 3.05) is 0 Å². The second kappa shape index (κ2) is 17.1. The van der Waals surface area contributed by atoms with Gasteiger partial charge < -0.3 is 38.7 Å². The maximum atomic E-state index is 11.7. The smallest absolute Gasteiger partial charge is 0.445 e.